The molecule has 2 nitrogen and oxygen atoms in total. The number of benzene rings is 1. The van der Waals surface area contributed by atoms with E-state index < -0.39 is 23.0 Å². The number of Topliss-reactive ketones (excluding diaryl/α,β-unsaturated/α-hetero) is 1. The van der Waals surface area contributed by atoms with Crippen LogP contribution in [0.25, 0.3) is 0 Å². The highest BCUT2D eigenvalue weighted by Gasteiger charge is 2.37. The van der Waals surface area contributed by atoms with Gasteiger partial charge in [0, 0.05) is 7.11 Å². The first-order valence-corrected chi connectivity index (χ1v) is 5.98. The second kappa shape index (κ2) is 5.57. The van der Waals surface area contributed by atoms with E-state index in [2.05, 4.69) is 0 Å². The summed E-state index contributed by atoms with van der Waals surface area (Å²) in [7, 11) is 1.41. The maximum atomic E-state index is 13.8. The number of ether oxygens (including phenoxy) is 1. The Kier molecular flexibility index (Phi) is 4.57. The molecule has 0 bridgehead atoms. The maximum Gasteiger partial charge on any atom is 0.197 e. The van der Waals surface area contributed by atoms with Crippen LogP contribution in [0.15, 0.2) is 12.1 Å². The summed E-state index contributed by atoms with van der Waals surface area (Å²) in [5, 5.41) is 0. The van der Waals surface area contributed by atoms with E-state index in [0.717, 1.165) is 0 Å². The summed E-state index contributed by atoms with van der Waals surface area (Å²) in [6, 6.07) is 2.71. The predicted octanol–water partition coefficient (Wildman–Crippen LogP) is 3.66. The van der Waals surface area contributed by atoms with Crippen LogP contribution in [0.2, 0.25) is 0 Å². The number of carbonyl (C=O) groups excluding carboxylic acids is 1. The summed E-state index contributed by atoms with van der Waals surface area (Å²) in [6.45, 7) is 5.02. The van der Waals surface area contributed by atoms with Gasteiger partial charge in [0.1, 0.15) is 5.60 Å². The first-order chi connectivity index (χ1) is 8.43. The number of aryl methyl sites for hydroxylation is 1. The molecule has 0 unspecified atom stereocenters. The van der Waals surface area contributed by atoms with Gasteiger partial charge >= 0.3 is 0 Å². The lowest BCUT2D eigenvalue weighted by atomic mass is 9.87. The fourth-order valence-electron chi connectivity index (χ4n) is 2.02. The summed E-state index contributed by atoms with van der Waals surface area (Å²) in [4.78, 5) is 12.3. The molecule has 0 radical (unpaired) electrons. The SMILES string of the molecule is CCC(CC)(OC)C(=O)c1ccc(C)c(F)c1F. The number of carbonyl (C=O) groups is 1. The molecule has 1 aromatic rings. The Morgan fingerprint density at radius 1 is 1.22 bits per heavy atom. The lowest BCUT2D eigenvalue weighted by Gasteiger charge is -2.28. The van der Waals surface area contributed by atoms with Crippen LogP contribution >= 0.6 is 0 Å². The van der Waals surface area contributed by atoms with E-state index in [1.54, 1.807) is 13.8 Å². The van der Waals surface area contributed by atoms with E-state index in [1.807, 2.05) is 0 Å². The minimum absolute atomic E-state index is 0.181. The normalized spacial score (nSPS) is 11.7. The maximum absolute atomic E-state index is 13.8. The summed E-state index contributed by atoms with van der Waals surface area (Å²) in [6.07, 6.45) is 0.821. The molecule has 0 aliphatic rings. The Morgan fingerprint density at radius 2 is 1.78 bits per heavy atom. The molecule has 0 amide bonds. The average Bonchev–Trinajstić information content (AvgIpc) is 2.39. The van der Waals surface area contributed by atoms with Crippen molar-refractivity contribution in [2.75, 3.05) is 7.11 Å². The molecular weight excluding hydrogens is 238 g/mol. The highest BCUT2D eigenvalue weighted by atomic mass is 19.2. The standard InChI is InChI=1S/C14H18F2O2/c1-5-14(6-2,18-4)13(17)10-8-7-9(3)11(15)12(10)16/h7-8H,5-6H2,1-4H3. The molecule has 0 aliphatic carbocycles. The van der Waals surface area contributed by atoms with Crippen LogP contribution in [0.4, 0.5) is 8.78 Å². The predicted molar refractivity (Wildman–Crippen MR) is 65.7 cm³/mol. The summed E-state index contributed by atoms with van der Waals surface area (Å²) in [5.74, 6) is -2.58. The van der Waals surface area contributed by atoms with Crippen LogP contribution in [0.3, 0.4) is 0 Å². The number of halogens is 2. The van der Waals surface area contributed by atoms with Gasteiger partial charge in [0.2, 0.25) is 0 Å². The summed E-state index contributed by atoms with van der Waals surface area (Å²) < 4.78 is 32.5. The molecule has 0 aliphatic heterocycles. The number of ketones is 1. The van der Waals surface area contributed by atoms with Crippen molar-refractivity contribution in [1.29, 1.82) is 0 Å². The van der Waals surface area contributed by atoms with Crippen LogP contribution in [-0.2, 0) is 4.74 Å². The largest absolute Gasteiger partial charge is 0.370 e. The van der Waals surface area contributed by atoms with E-state index >= 15 is 0 Å². The van der Waals surface area contributed by atoms with Crippen LogP contribution in [-0.4, -0.2) is 18.5 Å². The van der Waals surface area contributed by atoms with Gasteiger partial charge in [-0.25, -0.2) is 8.78 Å². The molecule has 100 valence electrons. The molecule has 0 spiro atoms. The third-order valence-corrected chi connectivity index (χ3v) is 3.47. The average molecular weight is 256 g/mol. The summed E-state index contributed by atoms with van der Waals surface area (Å²) >= 11 is 0. The molecule has 1 aromatic carbocycles. The van der Waals surface area contributed by atoms with Crippen molar-refractivity contribution < 1.29 is 18.3 Å². The topological polar surface area (TPSA) is 26.3 Å². The van der Waals surface area contributed by atoms with Crippen molar-refractivity contribution in [1.82, 2.24) is 0 Å². The van der Waals surface area contributed by atoms with Crippen molar-refractivity contribution in [3.63, 3.8) is 0 Å². The van der Waals surface area contributed by atoms with E-state index in [0.29, 0.717) is 12.8 Å². The number of methoxy groups -OCH3 is 1. The highest BCUT2D eigenvalue weighted by Crippen LogP contribution is 2.27. The fraction of sp³-hybridized carbons (Fsp3) is 0.500. The first-order valence-electron chi connectivity index (χ1n) is 5.98. The zero-order valence-corrected chi connectivity index (χ0v) is 11.1. The van der Waals surface area contributed by atoms with Gasteiger partial charge in [-0.15, -0.1) is 0 Å². The molecule has 4 heteroatoms. The minimum Gasteiger partial charge on any atom is -0.370 e. The van der Waals surface area contributed by atoms with Gasteiger partial charge in [-0.05, 0) is 31.4 Å². The van der Waals surface area contributed by atoms with Crippen molar-refractivity contribution in [3.05, 3.63) is 34.9 Å². The Hall–Kier alpha value is -1.29. The molecule has 18 heavy (non-hydrogen) atoms. The highest BCUT2D eigenvalue weighted by molar-refractivity contribution is 6.02. The van der Waals surface area contributed by atoms with Crippen LogP contribution in [0.1, 0.15) is 42.6 Å². The van der Waals surface area contributed by atoms with Crippen molar-refractivity contribution >= 4 is 5.78 Å². The van der Waals surface area contributed by atoms with E-state index in [-0.39, 0.29) is 11.1 Å². The Bertz CT molecular complexity index is 443. The molecule has 0 atom stereocenters. The van der Waals surface area contributed by atoms with Crippen LogP contribution < -0.4 is 0 Å². The van der Waals surface area contributed by atoms with Crippen molar-refractivity contribution in [3.8, 4) is 0 Å². The molecule has 0 N–H and O–H groups in total. The third-order valence-electron chi connectivity index (χ3n) is 3.47. The van der Waals surface area contributed by atoms with Gasteiger partial charge in [-0.2, -0.15) is 0 Å². The quantitative estimate of drug-likeness (QED) is 0.751. The Balaban J connectivity index is 3.30. The monoisotopic (exact) mass is 256 g/mol. The Labute approximate surface area is 106 Å². The zero-order valence-electron chi connectivity index (χ0n) is 11.1. The number of hydrogen-bond acceptors (Lipinski definition) is 2. The lowest BCUT2D eigenvalue weighted by Crippen LogP contribution is -2.40. The Morgan fingerprint density at radius 3 is 2.22 bits per heavy atom. The van der Waals surface area contributed by atoms with E-state index in [1.165, 1.54) is 26.2 Å². The first kappa shape index (κ1) is 14.8. The summed E-state index contributed by atoms with van der Waals surface area (Å²) in [5.41, 5.74) is -1.15. The van der Waals surface area contributed by atoms with Crippen molar-refractivity contribution in [2.24, 2.45) is 0 Å². The van der Waals surface area contributed by atoms with Crippen molar-refractivity contribution in [2.45, 2.75) is 39.2 Å². The van der Waals surface area contributed by atoms with Gasteiger partial charge in [0.05, 0.1) is 5.56 Å². The molecule has 0 heterocycles. The van der Waals surface area contributed by atoms with Crippen LogP contribution in [0, 0.1) is 18.6 Å². The number of rotatable bonds is 5. The number of hydrogen-bond donors (Lipinski definition) is 0. The fourth-order valence-corrected chi connectivity index (χ4v) is 2.02. The van der Waals surface area contributed by atoms with Crippen LogP contribution in [0.5, 0.6) is 0 Å². The zero-order chi connectivity index (χ0) is 13.9. The molecular formula is C14H18F2O2. The second-order valence-corrected chi connectivity index (χ2v) is 4.29. The second-order valence-electron chi connectivity index (χ2n) is 4.29. The minimum atomic E-state index is -1.09. The lowest BCUT2D eigenvalue weighted by molar-refractivity contribution is -0.00298. The molecule has 0 aromatic heterocycles. The van der Waals surface area contributed by atoms with E-state index in [9.17, 15) is 13.6 Å². The van der Waals surface area contributed by atoms with Gasteiger partial charge in [0.15, 0.2) is 17.4 Å². The van der Waals surface area contributed by atoms with E-state index in [4.69, 9.17) is 4.74 Å². The van der Waals surface area contributed by atoms with Gasteiger partial charge in [-0.1, -0.05) is 19.9 Å². The van der Waals surface area contributed by atoms with Gasteiger partial charge < -0.3 is 4.74 Å². The molecule has 0 saturated heterocycles. The third kappa shape index (κ3) is 2.29. The molecule has 0 saturated carbocycles. The molecule has 1 rings (SSSR count). The van der Waals surface area contributed by atoms with Gasteiger partial charge in [-0.3, -0.25) is 4.79 Å². The smallest absolute Gasteiger partial charge is 0.197 e. The molecule has 0 fully saturated rings. The van der Waals surface area contributed by atoms with Gasteiger partial charge in [0.25, 0.3) is 0 Å².